The minimum absolute atomic E-state index is 0.235. The van der Waals surface area contributed by atoms with Crippen molar-refractivity contribution >= 4 is 5.91 Å². The van der Waals surface area contributed by atoms with Crippen molar-refractivity contribution in [2.24, 2.45) is 0 Å². The van der Waals surface area contributed by atoms with Crippen LogP contribution in [0.5, 0.6) is 0 Å². The summed E-state index contributed by atoms with van der Waals surface area (Å²) in [4.78, 5) is 11.7. The lowest BCUT2D eigenvalue weighted by Gasteiger charge is -2.15. The molecular formula is C14H19NO2. The Morgan fingerprint density at radius 1 is 1.29 bits per heavy atom. The van der Waals surface area contributed by atoms with E-state index in [1.165, 1.54) is 12.8 Å². The second-order valence-corrected chi connectivity index (χ2v) is 4.70. The second-order valence-electron chi connectivity index (χ2n) is 4.70. The number of aliphatic hydroxyl groups is 1. The van der Waals surface area contributed by atoms with Crippen LogP contribution in [0.25, 0.3) is 0 Å². The van der Waals surface area contributed by atoms with E-state index in [-0.39, 0.29) is 11.9 Å². The van der Waals surface area contributed by atoms with Crippen molar-refractivity contribution in [2.45, 2.75) is 44.2 Å². The molecule has 2 rings (SSSR count). The van der Waals surface area contributed by atoms with Gasteiger partial charge in [-0.2, -0.15) is 0 Å². The third-order valence-electron chi connectivity index (χ3n) is 3.28. The van der Waals surface area contributed by atoms with Gasteiger partial charge in [0.1, 0.15) is 6.10 Å². The highest BCUT2D eigenvalue weighted by atomic mass is 16.3. The van der Waals surface area contributed by atoms with Crippen molar-refractivity contribution in [3.05, 3.63) is 35.9 Å². The van der Waals surface area contributed by atoms with Crippen LogP contribution in [0.1, 0.15) is 31.2 Å². The van der Waals surface area contributed by atoms with Crippen LogP contribution in [0, 0.1) is 0 Å². The average Bonchev–Trinajstić information content (AvgIpc) is 2.83. The topological polar surface area (TPSA) is 49.3 Å². The lowest BCUT2D eigenvalue weighted by atomic mass is 10.1. The fraction of sp³-hybridized carbons (Fsp3) is 0.500. The molecule has 3 nitrogen and oxygen atoms in total. The van der Waals surface area contributed by atoms with Gasteiger partial charge in [-0.05, 0) is 18.4 Å². The lowest BCUT2D eigenvalue weighted by molar-refractivity contribution is -0.129. The molecule has 1 saturated carbocycles. The SMILES string of the molecule is O=C(NC1CCCC1)C(O)Cc1ccccc1. The fourth-order valence-corrected chi connectivity index (χ4v) is 2.30. The molecule has 3 heteroatoms. The second kappa shape index (κ2) is 5.82. The van der Waals surface area contributed by atoms with Crippen LogP contribution >= 0.6 is 0 Å². The van der Waals surface area contributed by atoms with Gasteiger partial charge in [-0.15, -0.1) is 0 Å². The summed E-state index contributed by atoms with van der Waals surface area (Å²) < 4.78 is 0. The molecule has 1 atom stereocenters. The first-order valence-corrected chi connectivity index (χ1v) is 6.28. The lowest BCUT2D eigenvalue weighted by Crippen LogP contribution is -2.41. The molecule has 1 aliphatic rings. The molecule has 17 heavy (non-hydrogen) atoms. The van der Waals surface area contributed by atoms with Crippen molar-refractivity contribution < 1.29 is 9.90 Å². The summed E-state index contributed by atoms with van der Waals surface area (Å²) in [5, 5.41) is 12.7. The van der Waals surface area contributed by atoms with E-state index in [0.717, 1.165) is 18.4 Å². The van der Waals surface area contributed by atoms with E-state index < -0.39 is 6.10 Å². The van der Waals surface area contributed by atoms with Crippen molar-refractivity contribution in [1.82, 2.24) is 5.32 Å². The van der Waals surface area contributed by atoms with Crippen LogP contribution in [0.2, 0.25) is 0 Å². The van der Waals surface area contributed by atoms with Crippen LogP contribution < -0.4 is 5.32 Å². The summed E-state index contributed by atoms with van der Waals surface area (Å²) in [5.41, 5.74) is 0.988. The third-order valence-corrected chi connectivity index (χ3v) is 3.28. The van der Waals surface area contributed by atoms with Crippen molar-refractivity contribution in [3.63, 3.8) is 0 Å². The Bertz CT molecular complexity index is 358. The number of aliphatic hydroxyl groups excluding tert-OH is 1. The minimum atomic E-state index is -0.932. The summed E-state index contributed by atoms with van der Waals surface area (Å²) in [6.45, 7) is 0. The van der Waals surface area contributed by atoms with Gasteiger partial charge in [0.2, 0.25) is 5.91 Å². The van der Waals surface area contributed by atoms with E-state index in [0.29, 0.717) is 6.42 Å². The highest BCUT2D eigenvalue weighted by Crippen LogP contribution is 2.17. The van der Waals surface area contributed by atoms with Crippen LogP contribution in [-0.4, -0.2) is 23.2 Å². The Balaban J connectivity index is 1.82. The average molecular weight is 233 g/mol. The van der Waals surface area contributed by atoms with Crippen LogP contribution in [0.4, 0.5) is 0 Å². The summed E-state index contributed by atoms with van der Waals surface area (Å²) >= 11 is 0. The zero-order chi connectivity index (χ0) is 12.1. The number of carbonyl (C=O) groups excluding carboxylic acids is 1. The number of nitrogens with one attached hydrogen (secondary N) is 1. The minimum Gasteiger partial charge on any atom is -0.383 e. The Morgan fingerprint density at radius 3 is 2.59 bits per heavy atom. The van der Waals surface area contributed by atoms with Crippen LogP contribution in [0.3, 0.4) is 0 Å². The number of carbonyl (C=O) groups is 1. The predicted octanol–water partition coefficient (Wildman–Crippen LogP) is 1.65. The smallest absolute Gasteiger partial charge is 0.249 e. The quantitative estimate of drug-likeness (QED) is 0.830. The highest BCUT2D eigenvalue weighted by molar-refractivity contribution is 5.81. The summed E-state index contributed by atoms with van der Waals surface area (Å²) in [7, 11) is 0. The van der Waals surface area contributed by atoms with Gasteiger partial charge >= 0.3 is 0 Å². The van der Waals surface area contributed by atoms with Crippen LogP contribution in [-0.2, 0) is 11.2 Å². The first-order chi connectivity index (χ1) is 8.25. The number of rotatable bonds is 4. The fourth-order valence-electron chi connectivity index (χ4n) is 2.30. The van der Waals surface area contributed by atoms with Gasteiger partial charge in [0, 0.05) is 12.5 Å². The standard InChI is InChI=1S/C14H19NO2/c16-13(10-11-6-2-1-3-7-11)14(17)15-12-8-4-5-9-12/h1-3,6-7,12-13,16H,4-5,8-10H2,(H,15,17). The third kappa shape index (κ3) is 3.56. The Kier molecular flexibility index (Phi) is 4.15. The Labute approximate surface area is 102 Å². The van der Waals surface area contributed by atoms with Crippen LogP contribution in [0.15, 0.2) is 30.3 Å². The normalized spacial score (nSPS) is 17.9. The summed E-state index contributed by atoms with van der Waals surface area (Å²) in [6.07, 6.45) is 3.91. The van der Waals surface area contributed by atoms with E-state index >= 15 is 0 Å². The molecule has 1 aromatic rings. The van der Waals surface area contributed by atoms with E-state index in [2.05, 4.69) is 5.32 Å². The van der Waals surface area contributed by atoms with Crippen molar-refractivity contribution in [1.29, 1.82) is 0 Å². The first-order valence-electron chi connectivity index (χ1n) is 6.28. The summed E-state index contributed by atoms with van der Waals surface area (Å²) in [5.74, 6) is -0.235. The Hall–Kier alpha value is -1.35. The molecule has 0 radical (unpaired) electrons. The molecule has 92 valence electrons. The first kappa shape index (κ1) is 12.1. The van der Waals surface area contributed by atoms with E-state index in [9.17, 15) is 9.90 Å². The van der Waals surface area contributed by atoms with Crippen molar-refractivity contribution in [3.8, 4) is 0 Å². The Morgan fingerprint density at radius 2 is 1.94 bits per heavy atom. The van der Waals surface area contributed by atoms with E-state index in [4.69, 9.17) is 0 Å². The molecular weight excluding hydrogens is 214 g/mol. The molecule has 1 aliphatic carbocycles. The zero-order valence-corrected chi connectivity index (χ0v) is 9.93. The maximum atomic E-state index is 11.7. The zero-order valence-electron chi connectivity index (χ0n) is 9.93. The van der Waals surface area contributed by atoms with Gasteiger partial charge in [0.05, 0.1) is 0 Å². The molecule has 2 N–H and O–H groups in total. The number of hydrogen-bond donors (Lipinski definition) is 2. The number of benzene rings is 1. The van der Waals surface area contributed by atoms with Gasteiger partial charge in [0.25, 0.3) is 0 Å². The molecule has 1 amide bonds. The maximum absolute atomic E-state index is 11.7. The molecule has 1 unspecified atom stereocenters. The van der Waals surface area contributed by atoms with E-state index in [1.54, 1.807) is 0 Å². The largest absolute Gasteiger partial charge is 0.383 e. The number of amides is 1. The maximum Gasteiger partial charge on any atom is 0.249 e. The van der Waals surface area contributed by atoms with Gasteiger partial charge in [-0.3, -0.25) is 4.79 Å². The molecule has 1 aromatic carbocycles. The highest BCUT2D eigenvalue weighted by Gasteiger charge is 2.21. The van der Waals surface area contributed by atoms with Gasteiger partial charge in [-0.25, -0.2) is 0 Å². The molecule has 0 spiro atoms. The van der Waals surface area contributed by atoms with Gasteiger partial charge in [-0.1, -0.05) is 43.2 Å². The molecule has 0 bridgehead atoms. The monoisotopic (exact) mass is 233 g/mol. The molecule has 0 aromatic heterocycles. The number of hydrogen-bond acceptors (Lipinski definition) is 2. The molecule has 0 aliphatic heterocycles. The van der Waals surface area contributed by atoms with Crippen molar-refractivity contribution in [2.75, 3.05) is 0 Å². The molecule has 0 saturated heterocycles. The molecule has 1 fully saturated rings. The summed E-state index contributed by atoms with van der Waals surface area (Å²) in [6, 6.07) is 9.87. The van der Waals surface area contributed by atoms with E-state index in [1.807, 2.05) is 30.3 Å². The molecule has 0 heterocycles. The van der Waals surface area contributed by atoms with Gasteiger partial charge < -0.3 is 10.4 Å². The van der Waals surface area contributed by atoms with Gasteiger partial charge in [0.15, 0.2) is 0 Å². The predicted molar refractivity (Wildman–Crippen MR) is 66.6 cm³/mol.